The largest absolute Gasteiger partial charge is 0.440 e. The summed E-state index contributed by atoms with van der Waals surface area (Å²) in [7, 11) is 0. The van der Waals surface area contributed by atoms with Gasteiger partial charge in [0.15, 0.2) is 0 Å². The molecular weight excluding hydrogens is 200 g/mol. The van der Waals surface area contributed by atoms with Crippen LogP contribution in [0.4, 0.5) is 0 Å². The van der Waals surface area contributed by atoms with E-state index >= 15 is 0 Å². The molecule has 16 heavy (non-hydrogen) atoms. The van der Waals surface area contributed by atoms with Crippen molar-refractivity contribution in [3.05, 3.63) is 42.6 Å². The van der Waals surface area contributed by atoms with E-state index in [1.807, 2.05) is 30.3 Å². The molecule has 0 saturated carbocycles. The Hall–Kier alpha value is -2.29. The number of aromatic nitrogens is 2. The first kappa shape index (κ1) is 7.93. The highest BCUT2D eigenvalue weighted by molar-refractivity contribution is 6.17. The number of benzene rings is 1. The molecule has 0 fully saturated rings. The van der Waals surface area contributed by atoms with Crippen molar-refractivity contribution in [2.45, 2.75) is 0 Å². The summed E-state index contributed by atoms with van der Waals surface area (Å²) in [6.45, 7) is 0. The quantitative estimate of drug-likeness (QED) is 0.480. The number of H-pyrrole nitrogens is 1. The molecule has 3 aromatic heterocycles. The first-order chi connectivity index (χ1) is 7.93. The van der Waals surface area contributed by atoms with E-state index in [1.165, 1.54) is 0 Å². The number of fused-ring (bicyclic) bond motifs is 5. The van der Waals surface area contributed by atoms with Gasteiger partial charge in [-0.1, -0.05) is 18.2 Å². The lowest BCUT2D eigenvalue weighted by molar-refractivity contribution is 0.657. The van der Waals surface area contributed by atoms with Gasteiger partial charge in [0.2, 0.25) is 5.71 Å². The molecule has 3 heteroatoms. The third kappa shape index (κ3) is 0.852. The lowest BCUT2D eigenvalue weighted by atomic mass is 10.2. The standard InChI is InChI=1S/C13H8N2O.H2/c1-2-6-10-8(4-1)11-12-9(5-3-7-14-12)15-13(11)16-10;/h1-7,15H;1H. The Morgan fingerprint density at radius 1 is 1.12 bits per heavy atom. The average Bonchev–Trinajstić information content (AvgIpc) is 2.83. The number of nitrogens with one attached hydrogen (secondary N) is 1. The SMILES string of the molecule is [HH].c1cnc2c(c1)[nH]c1oc3ccccc3c12. The van der Waals surface area contributed by atoms with Crippen molar-refractivity contribution in [2.75, 3.05) is 0 Å². The molecule has 0 amide bonds. The molecule has 0 radical (unpaired) electrons. The second-order valence-electron chi connectivity index (χ2n) is 3.83. The fraction of sp³-hybridized carbons (Fsp3) is 0. The van der Waals surface area contributed by atoms with Crippen LogP contribution in [-0.2, 0) is 0 Å². The van der Waals surface area contributed by atoms with Crippen LogP contribution in [0.3, 0.4) is 0 Å². The van der Waals surface area contributed by atoms with Crippen LogP contribution in [0, 0.1) is 0 Å². The Balaban J connectivity index is 0.000000902. The third-order valence-electron chi connectivity index (χ3n) is 2.89. The zero-order valence-corrected chi connectivity index (χ0v) is 8.40. The second kappa shape index (κ2) is 2.64. The van der Waals surface area contributed by atoms with Gasteiger partial charge in [-0.2, -0.15) is 0 Å². The smallest absolute Gasteiger partial charge is 0.208 e. The van der Waals surface area contributed by atoms with Gasteiger partial charge < -0.3 is 9.40 Å². The number of para-hydroxylation sites is 1. The first-order valence-electron chi connectivity index (χ1n) is 5.17. The Labute approximate surface area is 92.2 Å². The normalized spacial score (nSPS) is 11.8. The number of aromatic amines is 1. The van der Waals surface area contributed by atoms with Crippen molar-refractivity contribution < 1.29 is 5.84 Å². The van der Waals surface area contributed by atoms with Crippen LogP contribution in [0.25, 0.3) is 33.1 Å². The molecule has 4 rings (SSSR count). The van der Waals surface area contributed by atoms with Crippen molar-refractivity contribution in [1.82, 2.24) is 9.97 Å². The van der Waals surface area contributed by atoms with Crippen molar-refractivity contribution in [3.63, 3.8) is 0 Å². The summed E-state index contributed by atoms with van der Waals surface area (Å²) in [4.78, 5) is 7.64. The third-order valence-corrected chi connectivity index (χ3v) is 2.89. The Bertz CT molecular complexity index is 751. The Kier molecular flexibility index (Phi) is 1.31. The summed E-state index contributed by atoms with van der Waals surface area (Å²) in [5.74, 6) is 0. The number of hydrogen-bond acceptors (Lipinski definition) is 2. The van der Waals surface area contributed by atoms with Crippen LogP contribution in [0.15, 0.2) is 47.0 Å². The van der Waals surface area contributed by atoms with E-state index in [9.17, 15) is 0 Å². The highest BCUT2D eigenvalue weighted by atomic mass is 16.3. The molecule has 1 N–H and O–H groups in total. The molecule has 0 aliphatic carbocycles. The van der Waals surface area contributed by atoms with Crippen LogP contribution in [0.5, 0.6) is 0 Å². The maximum Gasteiger partial charge on any atom is 0.208 e. The zero-order chi connectivity index (χ0) is 10.5. The maximum atomic E-state index is 5.74. The highest BCUT2D eigenvalue weighted by Gasteiger charge is 2.12. The fourth-order valence-electron chi connectivity index (χ4n) is 2.20. The second-order valence-corrected chi connectivity index (χ2v) is 3.83. The van der Waals surface area contributed by atoms with Crippen LogP contribution < -0.4 is 0 Å². The van der Waals surface area contributed by atoms with E-state index in [4.69, 9.17) is 4.42 Å². The molecule has 4 aromatic rings. The summed E-state index contributed by atoms with van der Waals surface area (Å²) in [5.41, 5.74) is 3.69. The predicted octanol–water partition coefficient (Wildman–Crippen LogP) is 3.71. The van der Waals surface area contributed by atoms with Gasteiger partial charge in [-0.25, -0.2) is 0 Å². The minimum Gasteiger partial charge on any atom is -0.440 e. The minimum absolute atomic E-state index is 0. The van der Waals surface area contributed by atoms with Gasteiger partial charge in [0.1, 0.15) is 5.58 Å². The van der Waals surface area contributed by atoms with Gasteiger partial charge in [0.05, 0.1) is 16.4 Å². The molecule has 0 atom stereocenters. The van der Waals surface area contributed by atoms with E-state index in [0.29, 0.717) is 0 Å². The van der Waals surface area contributed by atoms with E-state index in [-0.39, 0.29) is 1.43 Å². The van der Waals surface area contributed by atoms with E-state index in [1.54, 1.807) is 6.20 Å². The Morgan fingerprint density at radius 3 is 3.06 bits per heavy atom. The fourth-order valence-corrected chi connectivity index (χ4v) is 2.20. The molecular formula is C13H10N2O. The van der Waals surface area contributed by atoms with Crippen molar-refractivity contribution in [2.24, 2.45) is 0 Å². The molecule has 0 aliphatic rings. The summed E-state index contributed by atoms with van der Waals surface area (Å²) in [6, 6.07) is 11.9. The minimum atomic E-state index is 0. The summed E-state index contributed by atoms with van der Waals surface area (Å²) < 4.78 is 5.74. The van der Waals surface area contributed by atoms with Gasteiger partial charge >= 0.3 is 0 Å². The average molecular weight is 210 g/mol. The van der Waals surface area contributed by atoms with Crippen LogP contribution in [0.1, 0.15) is 1.43 Å². The van der Waals surface area contributed by atoms with E-state index in [2.05, 4.69) is 16.0 Å². The number of furan rings is 1. The van der Waals surface area contributed by atoms with E-state index < -0.39 is 0 Å². The van der Waals surface area contributed by atoms with Gasteiger partial charge in [0, 0.05) is 13.0 Å². The van der Waals surface area contributed by atoms with Crippen LogP contribution in [0.2, 0.25) is 0 Å². The number of nitrogens with zero attached hydrogens (tertiary/aromatic N) is 1. The van der Waals surface area contributed by atoms with Gasteiger partial charge in [-0.15, -0.1) is 0 Å². The van der Waals surface area contributed by atoms with Crippen molar-refractivity contribution in [3.8, 4) is 0 Å². The molecule has 0 spiro atoms. The molecule has 0 unspecified atom stereocenters. The maximum absolute atomic E-state index is 5.74. The predicted molar refractivity (Wildman–Crippen MR) is 65.5 cm³/mol. The number of hydrogen-bond donors (Lipinski definition) is 1. The zero-order valence-electron chi connectivity index (χ0n) is 8.40. The molecule has 0 saturated heterocycles. The van der Waals surface area contributed by atoms with Gasteiger partial charge in [-0.3, -0.25) is 4.98 Å². The lowest BCUT2D eigenvalue weighted by Gasteiger charge is -1.89. The van der Waals surface area contributed by atoms with Crippen LogP contribution in [-0.4, -0.2) is 9.97 Å². The molecule has 3 heterocycles. The molecule has 0 aliphatic heterocycles. The van der Waals surface area contributed by atoms with Crippen molar-refractivity contribution >= 4 is 33.1 Å². The van der Waals surface area contributed by atoms with Gasteiger partial charge in [0.25, 0.3) is 0 Å². The molecule has 0 bridgehead atoms. The van der Waals surface area contributed by atoms with E-state index in [0.717, 1.165) is 33.1 Å². The topological polar surface area (TPSA) is 41.8 Å². The Morgan fingerprint density at radius 2 is 2.06 bits per heavy atom. The summed E-state index contributed by atoms with van der Waals surface area (Å²) in [6.07, 6.45) is 1.80. The summed E-state index contributed by atoms with van der Waals surface area (Å²) >= 11 is 0. The monoisotopic (exact) mass is 210 g/mol. The highest BCUT2D eigenvalue weighted by Crippen LogP contribution is 2.32. The molecule has 1 aromatic carbocycles. The molecule has 3 nitrogen and oxygen atoms in total. The molecule has 78 valence electrons. The summed E-state index contributed by atoms with van der Waals surface area (Å²) in [5, 5.41) is 2.19. The van der Waals surface area contributed by atoms with Gasteiger partial charge in [-0.05, 0) is 18.2 Å². The lowest BCUT2D eigenvalue weighted by Crippen LogP contribution is -1.72. The van der Waals surface area contributed by atoms with Crippen molar-refractivity contribution in [1.29, 1.82) is 0 Å². The number of pyridine rings is 1. The van der Waals surface area contributed by atoms with Crippen LogP contribution >= 0.6 is 0 Å². The first-order valence-corrected chi connectivity index (χ1v) is 5.17. The number of rotatable bonds is 0.